The molecule has 1 N–H and O–H groups in total. The monoisotopic (exact) mass is 217 g/mol. The lowest BCUT2D eigenvalue weighted by atomic mass is 9.88. The molecule has 0 bridgehead atoms. The van der Waals surface area contributed by atoms with Crippen LogP contribution in [0.25, 0.3) is 0 Å². The van der Waals surface area contributed by atoms with Gasteiger partial charge in [-0.1, -0.05) is 25.1 Å². The van der Waals surface area contributed by atoms with Crippen molar-refractivity contribution in [3.8, 4) is 0 Å². The van der Waals surface area contributed by atoms with E-state index in [0.717, 1.165) is 0 Å². The SMILES string of the molecule is CCC1NC(C)CC1c1ccc(C)c(C)c1. The largest absolute Gasteiger partial charge is 0.311 e. The van der Waals surface area contributed by atoms with E-state index in [1.165, 1.54) is 29.5 Å². The fourth-order valence-corrected chi connectivity index (χ4v) is 2.86. The lowest BCUT2D eigenvalue weighted by Crippen LogP contribution is -2.28. The van der Waals surface area contributed by atoms with Gasteiger partial charge in [-0.2, -0.15) is 0 Å². The molecule has 2 rings (SSSR count). The quantitative estimate of drug-likeness (QED) is 0.799. The number of rotatable bonds is 2. The first-order valence-electron chi connectivity index (χ1n) is 6.45. The van der Waals surface area contributed by atoms with Crippen LogP contribution in [0.3, 0.4) is 0 Å². The molecule has 1 heteroatoms. The van der Waals surface area contributed by atoms with Crippen molar-refractivity contribution in [3.63, 3.8) is 0 Å². The highest BCUT2D eigenvalue weighted by atomic mass is 15.0. The number of hydrogen-bond donors (Lipinski definition) is 1. The summed E-state index contributed by atoms with van der Waals surface area (Å²) in [6, 6.07) is 8.28. The Morgan fingerprint density at radius 3 is 2.62 bits per heavy atom. The van der Waals surface area contributed by atoms with Gasteiger partial charge in [-0.05, 0) is 50.3 Å². The molecule has 1 heterocycles. The molecule has 3 atom stereocenters. The van der Waals surface area contributed by atoms with Crippen LogP contribution in [0.2, 0.25) is 0 Å². The molecule has 88 valence electrons. The highest BCUT2D eigenvalue weighted by Gasteiger charge is 2.30. The molecule has 1 nitrogen and oxygen atoms in total. The molecule has 0 aliphatic carbocycles. The van der Waals surface area contributed by atoms with Gasteiger partial charge in [0.1, 0.15) is 0 Å². The maximum Gasteiger partial charge on any atom is 0.0136 e. The second-order valence-electron chi connectivity index (χ2n) is 5.27. The first kappa shape index (κ1) is 11.7. The van der Waals surface area contributed by atoms with E-state index < -0.39 is 0 Å². The van der Waals surface area contributed by atoms with Gasteiger partial charge in [-0.15, -0.1) is 0 Å². The average Bonchev–Trinajstić information content (AvgIpc) is 2.63. The van der Waals surface area contributed by atoms with Gasteiger partial charge in [0.05, 0.1) is 0 Å². The Hall–Kier alpha value is -0.820. The summed E-state index contributed by atoms with van der Waals surface area (Å²) in [5, 5.41) is 3.69. The summed E-state index contributed by atoms with van der Waals surface area (Å²) in [7, 11) is 0. The van der Waals surface area contributed by atoms with Crippen molar-refractivity contribution in [1.29, 1.82) is 0 Å². The Bertz CT molecular complexity index is 370. The van der Waals surface area contributed by atoms with Crippen molar-refractivity contribution in [2.75, 3.05) is 0 Å². The topological polar surface area (TPSA) is 12.0 Å². The number of hydrogen-bond acceptors (Lipinski definition) is 1. The smallest absolute Gasteiger partial charge is 0.0136 e. The molecular formula is C15H23N. The summed E-state index contributed by atoms with van der Waals surface area (Å²) in [6.45, 7) is 8.98. The van der Waals surface area contributed by atoms with Crippen LogP contribution in [-0.2, 0) is 0 Å². The van der Waals surface area contributed by atoms with E-state index in [-0.39, 0.29) is 0 Å². The van der Waals surface area contributed by atoms with Gasteiger partial charge in [-0.25, -0.2) is 0 Å². The molecule has 1 aromatic carbocycles. The van der Waals surface area contributed by atoms with Gasteiger partial charge in [0.25, 0.3) is 0 Å². The third-order valence-electron chi connectivity index (χ3n) is 3.99. The van der Waals surface area contributed by atoms with Crippen LogP contribution in [0.5, 0.6) is 0 Å². The van der Waals surface area contributed by atoms with Gasteiger partial charge in [0.15, 0.2) is 0 Å². The Balaban J connectivity index is 2.26. The second kappa shape index (κ2) is 4.58. The summed E-state index contributed by atoms with van der Waals surface area (Å²) < 4.78 is 0. The second-order valence-corrected chi connectivity index (χ2v) is 5.27. The predicted octanol–water partition coefficient (Wildman–Crippen LogP) is 3.55. The zero-order valence-corrected chi connectivity index (χ0v) is 10.9. The van der Waals surface area contributed by atoms with Gasteiger partial charge in [-0.3, -0.25) is 0 Å². The van der Waals surface area contributed by atoms with Crippen molar-refractivity contribution >= 4 is 0 Å². The average molecular weight is 217 g/mol. The van der Waals surface area contributed by atoms with Gasteiger partial charge in [0, 0.05) is 18.0 Å². The molecule has 1 aliphatic heterocycles. The van der Waals surface area contributed by atoms with Crippen molar-refractivity contribution in [2.24, 2.45) is 0 Å². The van der Waals surface area contributed by atoms with Crippen LogP contribution >= 0.6 is 0 Å². The van der Waals surface area contributed by atoms with E-state index in [0.29, 0.717) is 18.0 Å². The highest BCUT2D eigenvalue weighted by molar-refractivity contribution is 5.33. The van der Waals surface area contributed by atoms with Crippen LogP contribution in [0, 0.1) is 13.8 Å². The van der Waals surface area contributed by atoms with E-state index in [4.69, 9.17) is 0 Å². The maximum absolute atomic E-state index is 3.69. The zero-order valence-electron chi connectivity index (χ0n) is 10.9. The molecule has 0 amide bonds. The molecule has 0 aromatic heterocycles. The van der Waals surface area contributed by atoms with E-state index in [2.05, 4.69) is 51.2 Å². The molecule has 1 aromatic rings. The first-order chi connectivity index (χ1) is 7.61. The number of benzene rings is 1. The third-order valence-corrected chi connectivity index (χ3v) is 3.99. The van der Waals surface area contributed by atoms with Crippen LogP contribution in [0.15, 0.2) is 18.2 Å². The van der Waals surface area contributed by atoms with Crippen LogP contribution < -0.4 is 5.32 Å². The molecule has 0 spiro atoms. The fraction of sp³-hybridized carbons (Fsp3) is 0.600. The molecule has 1 aliphatic rings. The summed E-state index contributed by atoms with van der Waals surface area (Å²) >= 11 is 0. The summed E-state index contributed by atoms with van der Waals surface area (Å²) in [5.74, 6) is 0.708. The molecule has 3 unspecified atom stereocenters. The molecule has 16 heavy (non-hydrogen) atoms. The van der Waals surface area contributed by atoms with Crippen molar-refractivity contribution in [2.45, 2.75) is 58.5 Å². The Morgan fingerprint density at radius 2 is 2.00 bits per heavy atom. The van der Waals surface area contributed by atoms with E-state index in [9.17, 15) is 0 Å². The third kappa shape index (κ3) is 2.15. The standard InChI is InChI=1S/C15H23N/c1-5-15-14(9-12(4)16-15)13-7-6-10(2)11(3)8-13/h6-8,12,14-16H,5,9H2,1-4H3. The molecule has 0 saturated carbocycles. The van der Waals surface area contributed by atoms with Crippen molar-refractivity contribution in [1.82, 2.24) is 5.32 Å². The van der Waals surface area contributed by atoms with E-state index in [1.54, 1.807) is 0 Å². The predicted molar refractivity (Wildman–Crippen MR) is 70.0 cm³/mol. The van der Waals surface area contributed by atoms with Crippen LogP contribution in [0.4, 0.5) is 0 Å². The summed E-state index contributed by atoms with van der Waals surface area (Å²) in [5.41, 5.74) is 4.34. The van der Waals surface area contributed by atoms with Gasteiger partial charge in [0.2, 0.25) is 0 Å². The van der Waals surface area contributed by atoms with E-state index in [1.807, 2.05) is 0 Å². The normalized spacial score (nSPS) is 29.6. The molecule has 0 radical (unpaired) electrons. The van der Waals surface area contributed by atoms with Gasteiger partial charge < -0.3 is 5.32 Å². The fourth-order valence-electron chi connectivity index (χ4n) is 2.86. The van der Waals surface area contributed by atoms with Crippen LogP contribution in [-0.4, -0.2) is 12.1 Å². The number of nitrogens with one attached hydrogen (secondary N) is 1. The maximum atomic E-state index is 3.69. The number of aryl methyl sites for hydroxylation is 2. The minimum atomic E-state index is 0.663. The highest BCUT2D eigenvalue weighted by Crippen LogP contribution is 2.33. The Kier molecular flexibility index (Phi) is 3.34. The molecular weight excluding hydrogens is 194 g/mol. The Labute approximate surface area is 99.3 Å². The van der Waals surface area contributed by atoms with Crippen molar-refractivity contribution < 1.29 is 0 Å². The summed E-state index contributed by atoms with van der Waals surface area (Å²) in [6.07, 6.45) is 2.50. The minimum absolute atomic E-state index is 0.663. The molecule has 1 fully saturated rings. The summed E-state index contributed by atoms with van der Waals surface area (Å²) in [4.78, 5) is 0. The minimum Gasteiger partial charge on any atom is -0.311 e. The molecule has 1 saturated heterocycles. The first-order valence-corrected chi connectivity index (χ1v) is 6.45. The zero-order chi connectivity index (χ0) is 11.7. The van der Waals surface area contributed by atoms with E-state index >= 15 is 0 Å². The lowest BCUT2D eigenvalue weighted by molar-refractivity contribution is 0.517. The Morgan fingerprint density at radius 1 is 1.25 bits per heavy atom. The lowest BCUT2D eigenvalue weighted by Gasteiger charge is -2.19. The van der Waals surface area contributed by atoms with Crippen molar-refractivity contribution in [3.05, 3.63) is 34.9 Å². The van der Waals surface area contributed by atoms with Gasteiger partial charge >= 0.3 is 0 Å². The van der Waals surface area contributed by atoms with Crippen LogP contribution in [0.1, 0.15) is 49.3 Å².